The lowest BCUT2D eigenvalue weighted by Crippen LogP contribution is -2.32. The summed E-state index contributed by atoms with van der Waals surface area (Å²) in [7, 11) is 1.56. The van der Waals surface area contributed by atoms with Crippen molar-refractivity contribution in [3.8, 4) is 5.75 Å². The molecule has 1 aliphatic rings. The Kier molecular flexibility index (Phi) is 4.43. The van der Waals surface area contributed by atoms with E-state index in [1.807, 2.05) is 32.0 Å². The van der Waals surface area contributed by atoms with Gasteiger partial charge in [0.25, 0.3) is 5.91 Å². The van der Waals surface area contributed by atoms with Gasteiger partial charge < -0.3 is 19.2 Å². The molecule has 0 saturated heterocycles. The monoisotopic (exact) mass is 379 g/mol. The molecule has 0 aliphatic carbocycles. The Morgan fingerprint density at radius 1 is 1.18 bits per heavy atom. The molecule has 3 aromatic rings. The van der Waals surface area contributed by atoms with Crippen LogP contribution in [0.2, 0.25) is 0 Å². The van der Waals surface area contributed by atoms with Crippen LogP contribution in [0.3, 0.4) is 0 Å². The zero-order valence-corrected chi connectivity index (χ0v) is 16.0. The number of benzene rings is 2. The average molecular weight is 379 g/mol. The van der Waals surface area contributed by atoms with Crippen LogP contribution >= 0.6 is 0 Å². The summed E-state index contributed by atoms with van der Waals surface area (Å²) < 4.78 is 11.2. The molecule has 6 heteroatoms. The number of ether oxygens (including phenoxy) is 1. The summed E-state index contributed by atoms with van der Waals surface area (Å²) >= 11 is 0. The van der Waals surface area contributed by atoms with Crippen molar-refractivity contribution >= 4 is 16.9 Å². The predicted octanol–water partition coefficient (Wildman–Crippen LogP) is 2.96. The van der Waals surface area contributed by atoms with Crippen LogP contribution in [0.1, 0.15) is 38.9 Å². The predicted molar refractivity (Wildman–Crippen MR) is 105 cm³/mol. The molecule has 1 N–H and O–H groups in total. The van der Waals surface area contributed by atoms with Crippen molar-refractivity contribution in [3.63, 3.8) is 0 Å². The molecule has 0 saturated carbocycles. The topological polar surface area (TPSA) is 80.0 Å². The minimum atomic E-state index is -0.633. The van der Waals surface area contributed by atoms with Gasteiger partial charge in [0.05, 0.1) is 30.7 Å². The fourth-order valence-corrected chi connectivity index (χ4v) is 4.01. The van der Waals surface area contributed by atoms with Gasteiger partial charge in [-0.05, 0) is 48.7 Å². The van der Waals surface area contributed by atoms with Gasteiger partial charge in [-0.3, -0.25) is 9.59 Å². The number of nitrogens with zero attached hydrogens (tertiary/aromatic N) is 1. The Bertz CT molecular complexity index is 1150. The van der Waals surface area contributed by atoms with Gasteiger partial charge >= 0.3 is 0 Å². The highest BCUT2D eigenvalue weighted by atomic mass is 16.5. The molecular weight excluding hydrogens is 358 g/mol. The summed E-state index contributed by atoms with van der Waals surface area (Å²) in [6.45, 7) is 3.66. The number of methoxy groups -OCH3 is 1. The second kappa shape index (κ2) is 6.80. The van der Waals surface area contributed by atoms with Crippen molar-refractivity contribution < 1.29 is 19.1 Å². The van der Waals surface area contributed by atoms with Gasteiger partial charge in [0.15, 0.2) is 5.43 Å². The summed E-state index contributed by atoms with van der Waals surface area (Å²) in [4.78, 5) is 28.0. The number of fused-ring (bicyclic) bond motifs is 2. The minimum absolute atomic E-state index is 0.0452. The van der Waals surface area contributed by atoms with Crippen molar-refractivity contribution in [1.29, 1.82) is 0 Å². The van der Waals surface area contributed by atoms with Crippen molar-refractivity contribution in [3.05, 3.63) is 74.6 Å². The molecule has 1 atom stereocenters. The van der Waals surface area contributed by atoms with Gasteiger partial charge in [-0.1, -0.05) is 18.2 Å². The highest BCUT2D eigenvalue weighted by Gasteiger charge is 2.42. The summed E-state index contributed by atoms with van der Waals surface area (Å²) in [5.74, 6) is 0.276. The molecule has 0 unspecified atom stereocenters. The van der Waals surface area contributed by atoms with Crippen molar-refractivity contribution in [2.24, 2.45) is 0 Å². The zero-order chi connectivity index (χ0) is 20.0. The first kappa shape index (κ1) is 18.3. The van der Waals surface area contributed by atoms with E-state index in [1.165, 1.54) is 4.90 Å². The van der Waals surface area contributed by atoms with E-state index in [0.717, 1.165) is 16.7 Å². The molecule has 28 heavy (non-hydrogen) atoms. The van der Waals surface area contributed by atoms with E-state index in [1.54, 1.807) is 25.3 Å². The largest absolute Gasteiger partial charge is 0.497 e. The molecule has 0 spiro atoms. The van der Waals surface area contributed by atoms with Crippen LogP contribution in [0.4, 0.5) is 0 Å². The summed E-state index contributed by atoms with van der Waals surface area (Å²) in [6, 6.07) is 10.3. The first-order valence-electron chi connectivity index (χ1n) is 9.10. The smallest absolute Gasteiger partial charge is 0.290 e. The molecule has 2 aromatic carbocycles. The molecular formula is C22H21NO5. The maximum Gasteiger partial charge on any atom is 0.290 e. The highest BCUT2D eigenvalue weighted by Crippen LogP contribution is 2.39. The highest BCUT2D eigenvalue weighted by molar-refractivity contribution is 5.99. The number of amides is 1. The maximum absolute atomic E-state index is 13.5. The first-order chi connectivity index (χ1) is 13.5. The average Bonchev–Trinajstić information content (AvgIpc) is 2.94. The van der Waals surface area contributed by atoms with Crippen LogP contribution < -0.4 is 10.2 Å². The third-order valence-corrected chi connectivity index (χ3v) is 5.16. The Morgan fingerprint density at radius 3 is 2.68 bits per heavy atom. The molecule has 0 bridgehead atoms. The summed E-state index contributed by atoms with van der Waals surface area (Å²) in [5, 5.41) is 9.98. The van der Waals surface area contributed by atoms with Crippen LogP contribution in [-0.2, 0) is 0 Å². The standard InChI is InChI=1S/C22H21NO5/c1-12-9-13(2)17-16(10-12)28-21-18(20(17)25)19(23(7-8-24)22(21)26)14-5-4-6-15(11-14)27-3/h4-6,9-11,19,24H,7-8H2,1-3H3/t19-/m1/s1. The van der Waals surface area contributed by atoms with Crippen LogP contribution in [0.25, 0.3) is 11.0 Å². The molecule has 144 valence electrons. The SMILES string of the molecule is COc1cccc([C@@H]2c3c(oc4cc(C)cc(C)c4c3=O)C(=O)N2CCO)c1. The fourth-order valence-electron chi connectivity index (χ4n) is 4.01. The third-order valence-electron chi connectivity index (χ3n) is 5.16. The van der Waals surface area contributed by atoms with E-state index in [2.05, 4.69) is 0 Å². The molecule has 6 nitrogen and oxygen atoms in total. The van der Waals surface area contributed by atoms with Crippen molar-refractivity contribution in [2.45, 2.75) is 19.9 Å². The zero-order valence-electron chi connectivity index (χ0n) is 16.0. The van der Waals surface area contributed by atoms with E-state index in [-0.39, 0.29) is 24.3 Å². The third kappa shape index (κ3) is 2.68. The molecule has 2 heterocycles. The normalized spacial score (nSPS) is 15.9. The number of rotatable bonds is 4. The summed E-state index contributed by atoms with van der Waals surface area (Å²) in [5.41, 5.74) is 3.00. The number of aliphatic hydroxyl groups excluding tert-OH is 1. The Morgan fingerprint density at radius 2 is 1.96 bits per heavy atom. The molecule has 1 amide bonds. The Hall–Kier alpha value is -3.12. The van der Waals surface area contributed by atoms with Gasteiger partial charge in [-0.15, -0.1) is 0 Å². The van der Waals surface area contributed by atoms with E-state index in [4.69, 9.17) is 9.15 Å². The number of aliphatic hydroxyl groups is 1. The Balaban J connectivity index is 2.03. The van der Waals surface area contributed by atoms with Gasteiger partial charge in [0.2, 0.25) is 5.76 Å². The molecule has 0 fully saturated rings. The number of carbonyl (C=O) groups is 1. The van der Waals surface area contributed by atoms with Crippen LogP contribution in [0.15, 0.2) is 45.6 Å². The van der Waals surface area contributed by atoms with Crippen LogP contribution in [0, 0.1) is 13.8 Å². The summed E-state index contributed by atoms with van der Waals surface area (Å²) in [6.07, 6.45) is 0. The van der Waals surface area contributed by atoms with Crippen molar-refractivity contribution in [2.75, 3.05) is 20.3 Å². The molecule has 0 radical (unpaired) electrons. The van der Waals surface area contributed by atoms with E-state index >= 15 is 0 Å². The quantitative estimate of drug-likeness (QED) is 0.754. The lowest BCUT2D eigenvalue weighted by molar-refractivity contribution is 0.0691. The minimum Gasteiger partial charge on any atom is -0.497 e. The van der Waals surface area contributed by atoms with E-state index < -0.39 is 11.9 Å². The number of carbonyl (C=O) groups excluding carboxylic acids is 1. The van der Waals surface area contributed by atoms with Gasteiger partial charge in [0.1, 0.15) is 11.3 Å². The lowest BCUT2D eigenvalue weighted by Gasteiger charge is -2.24. The lowest BCUT2D eigenvalue weighted by atomic mass is 9.97. The number of hydrogen-bond acceptors (Lipinski definition) is 5. The van der Waals surface area contributed by atoms with Gasteiger partial charge in [-0.2, -0.15) is 0 Å². The number of hydrogen-bond donors (Lipinski definition) is 1. The van der Waals surface area contributed by atoms with Crippen LogP contribution in [-0.4, -0.2) is 36.2 Å². The Labute approximate surface area is 162 Å². The molecule has 1 aliphatic heterocycles. The second-order valence-electron chi connectivity index (χ2n) is 7.03. The van der Waals surface area contributed by atoms with Gasteiger partial charge in [0, 0.05) is 6.54 Å². The molecule has 1 aromatic heterocycles. The maximum atomic E-state index is 13.5. The second-order valence-corrected chi connectivity index (χ2v) is 7.03. The fraction of sp³-hybridized carbons (Fsp3) is 0.273. The van der Waals surface area contributed by atoms with E-state index in [0.29, 0.717) is 22.3 Å². The van der Waals surface area contributed by atoms with E-state index in [9.17, 15) is 14.7 Å². The first-order valence-corrected chi connectivity index (χ1v) is 9.10. The number of aryl methyl sites for hydroxylation is 2. The number of β-amino-alcohol motifs (C(OH)–C–C–N with tert-alkyl or cyclic N) is 1. The molecule has 4 rings (SSSR count). The van der Waals surface area contributed by atoms with Crippen LogP contribution in [0.5, 0.6) is 5.75 Å². The van der Waals surface area contributed by atoms with Crippen molar-refractivity contribution in [1.82, 2.24) is 4.90 Å². The van der Waals surface area contributed by atoms with Gasteiger partial charge in [-0.25, -0.2) is 0 Å².